The number of hydrogen-bond acceptors (Lipinski definition) is 3. The summed E-state index contributed by atoms with van der Waals surface area (Å²) >= 11 is 0. The zero-order valence-corrected chi connectivity index (χ0v) is 17.1. The van der Waals surface area contributed by atoms with Crippen LogP contribution >= 0.6 is 0 Å². The Labute approximate surface area is 175 Å². The molecule has 0 amide bonds. The number of aromatic amines is 2. The molecule has 2 heterocycles. The first-order chi connectivity index (χ1) is 14.7. The van der Waals surface area contributed by atoms with Crippen molar-refractivity contribution < 1.29 is 4.74 Å². The molecule has 3 aromatic carbocycles. The molecule has 2 aromatic heterocycles. The Kier molecular flexibility index (Phi) is 4.71. The van der Waals surface area contributed by atoms with Crippen LogP contribution in [-0.2, 0) is 6.42 Å². The maximum Gasteiger partial charge on any atom is 0.118 e. The standard InChI is InChI=1S/C25H24N4O/c1-16(24-26-20-7-3-4-8-21(20)27-24)19(15-17-11-13-18(30-2)14-12-17)25-28-22-9-5-6-10-23(22)29-25/h3-14,16,19H,15H2,1-2H3,(H,26,27)(H,28,29)/t16-,19+/m1/s1. The van der Waals surface area contributed by atoms with Crippen LogP contribution < -0.4 is 4.74 Å². The summed E-state index contributed by atoms with van der Waals surface area (Å²) in [7, 11) is 1.69. The molecule has 0 aliphatic heterocycles. The first-order valence-corrected chi connectivity index (χ1v) is 10.2. The van der Waals surface area contributed by atoms with E-state index in [9.17, 15) is 0 Å². The van der Waals surface area contributed by atoms with Crippen molar-refractivity contribution >= 4 is 22.1 Å². The zero-order chi connectivity index (χ0) is 20.5. The van der Waals surface area contributed by atoms with Crippen LogP contribution in [0.25, 0.3) is 22.1 Å². The van der Waals surface area contributed by atoms with Crippen LogP contribution in [-0.4, -0.2) is 27.0 Å². The van der Waals surface area contributed by atoms with Gasteiger partial charge in [-0.25, -0.2) is 9.97 Å². The van der Waals surface area contributed by atoms with Crippen LogP contribution in [0, 0.1) is 0 Å². The van der Waals surface area contributed by atoms with E-state index in [1.807, 2.05) is 48.5 Å². The molecular weight excluding hydrogens is 372 g/mol. The normalized spacial score (nSPS) is 13.5. The summed E-state index contributed by atoms with van der Waals surface area (Å²) < 4.78 is 5.32. The van der Waals surface area contributed by atoms with Gasteiger partial charge in [0.05, 0.1) is 29.2 Å². The van der Waals surface area contributed by atoms with Crippen LogP contribution in [0.3, 0.4) is 0 Å². The predicted molar refractivity (Wildman–Crippen MR) is 120 cm³/mol. The van der Waals surface area contributed by atoms with E-state index in [0.29, 0.717) is 0 Å². The Morgan fingerprint density at radius 2 is 1.33 bits per heavy atom. The second-order valence-corrected chi connectivity index (χ2v) is 7.73. The highest BCUT2D eigenvalue weighted by Gasteiger charge is 2.27. The number of ether oxygens (including phenoxy) is 1. The zero-order valence-electron chi connectivity index (χ0n) is 17.1. The van der Waals surface area contributed by atoms with Gasteiger partial charge in [-0.05, 0) is 48.4 Å². The van der Waals surface area contributed by atoms with Crippen molar-refractivity contribution in [2.45, 2.75) is 25.2 Å². The van der Waals surface area contributed by atoms with Gasteiger partial charge in [-0.3, -0.25) is 0 Å². The average Bonchev–Trinajstić information content (AvgIpc) is 3.41. The van der Waals surface area contributed by atoms with Gasteiger partial charge < -0.3 is 14.7 Å². The maximum absolute atomic E-state index is 5.32. The number of nitrogens with one attached hydrogen (secondary N) is 2. The third-order valence-corrected chi connectivity index (χ3v) is 5.82. The minimum Gasteiger partial charge on any atom is -0.497 e. The van der Waals surface area contributed by atoms with Crippen molar-refractivity contribution in [1.29, 1.82) is 0 Å². The Balaban J connectivity index is 1.55. The number of fused-ring (bicyclic) bond motifs is 2. The van der Waals surface area contributed by atoms with Crippen LogP contribution in [0.4, 0.5) is 0 Å². The highest BCUT2D eigenvalue weighted by atomic mass is 16.5. The quantitative estimate of drug-likeness (QED) is 0.394. The summed E-state index contributed by atoms with van der Waals surface area (Å²) in [6, 6.07) is 24.6. The Morgan fingerprint density at radius 1 is 0.767 bits per heavy atom. The van der Waals surface area contributed by atoms with E-state index in [2.05, 4.69) is 41.2 Å². The molecule has 0 aliphatic rings. The van der Waals surface area contributed by atoms with Crippen LogP contribution in [0.15, 0.2) is 72.8 Å². The van der Waals surface area contributed by atoms with Crippen LogP contribution in [0.1, 0.15) is 36.0 Å². The highest BCUT2D eigenvalue weighted by molar-refractivity contribution is 5.75. The van der Waals surface area contributed by atoms with E-state index >= 15 is 0 Å². The third kappa shape index (κ3) is 3.43. The molecule has 2 atom stereocenters. The fourth-order valence-corrected chi connectivity index (χ4v) is 4.05. The SMILES string of the molecule is COc1ccc(C[C@H](c2nc3ccccc3[nH]2)[C@@H](C)c2nc3ccccc3[nH]2)cc1. The molecule has 5 rings (SSSR count). The summed E-state index contributed by atoms with van der Waals surface area (Å²) in [4.78, 5) is 16.8. The minimum atomic E-state index is 0.145. The summed E-state index contributed by atoms with van der Waals surface area (Å²) in [6.45, 7) is 2.22. The summed E-state index contributed by atoms with van der Waals surface area (Å²) in [5.41, 5.74) is 5.34. The molecule has 0 saturated heterocycles. The molecule has 5 aromatic rings. The molecule has 0 saturated carbocycles. The lowest BCUT2D eigenvalue weighted by Crippen LogP contribution is -2.14. The van der Waals surface area contributed by atoms with Gasteiger partial charge in [-0.1, -0.05) is 43.3 Å². The van der Waals surface area contributed by atoms with Gasteiger partial charge in [0, 0.05) is 11.8 Å². The smallest absolute Gasteiger partial charge is 0.118 e. The molecule has 0 radical (unpaired) electrons. The predicted octanol–water partition coefficient (Wildman–Crippen LogP) is 5.58. The summed E-state index contributed by atoms with van der Waals surface area (Å²) in [6.07, 6.45) is 0.849. The van der Waals surface area contributed by atoms with Crippen LogP contribution in [0.5, 0.6) is 5.75 Å². The Hall–Kier alpha value is -3.60. The molecular formula is C25H24N4O. The van der Waals surface area contributed by atoms with E-state index in [4.69, 9.17) is 14.7 Å². The van der Waals surface area contributed by atoms with Gasteiger partial charge in [0.1, 0.15) is 17.4 Å². The van der Waals surface area contributed by atoms with Gasteiger partial charge in [0.15, 0.2) is 0 Å². The van der Waals surface area contributed by atoms with Crippen molar-refractivity contribution in [3.63, 3.8) is 0 Å². The van der Waals surface area contributed by atoms with Crippen molar-refractivity contribution in [3.05, 3.63) is 90.0 Å². The topological polar surface area (TPSA) is 66.6 Å². The third-order valence-electron chi connectivity index (χ3n) is 5.82. The van der Waals surface area contributed by atoms with E-state index in [0.717, 1.165) is 45.9 Å². The average molecular weight is 396 g/mol. The van der Waals surface area contributed by atoms with Gasteiger partial charge in [0.2, 0.25) is 0 Å². The monoisotopic (exact) mass is 396 g/mol. The largest absolute Gasteiger partial charge is 0.497 e. The van der Waals surface area contributed by atoms with Crippen LogP contribution in [0.2, 0.25) is 0 Å². The number of benzene rings is 3. The molecule has 0 fully saturated rings. The lowest BCUT2D eigenvalue weighted by Gasteiger charge is -2.21. The molecule has 150 valence electrons. The lowest BCUT2D eigenvalue weighted by atomic mass is 9.86. The Bertz CT molecular complexity index is 1220. The summed E-state index contributed by atoms with van der Waals surface area (Å²) in [5.74, 6) is 3.13. The minimum absolute atomic E-state index is 0.145. The molecule has 0 aliphatic carbocycles. The Morgan fingerprint density at radius 3 is 1.93 bits per heavy atom. The lowest BCUT2D eigenvalue weighted by molar-refractivity contribution is 0.414. The molecule has 0 unspecified atom stereocenters. The number of aromatic nitrogens is 4. The van der Waals surface area contributed by atoms with Gasteiger partial charge >= 0.3 is 0 Å². The molecule has 5 nitrogen and oxygen atoms in total. The number of imidazole rings is 2. The number of methoxy groups -OCH3 is 1. The highest BCUT2D eigenvalue weighted by Crippen LogP contribution is 2.35. The van der Waals surface area contributed by atoms with E-state index in [-0.39, 0.29) is 11.8 Å². The van der Waals surface area contributed by atoms with Crippen molar-refractivity contribution in [1.82, 2.24) is 19.9 Å². The fourth-order valence-electron chi connectivity index (χ4n) is 4.05. The number of nitrogens with zero attached hydrogens (tertiary/aromatic N) is 2. The molecule has 5 heteroatoms. The van der Waals surface area contributed by atoms with Gasteiger partial charge in [-0.2, -0.15) is 0 Å². The fraction of sp³-hybridized carbons (Fsp3) is 0.200. The summed E-state index contributed by atoms with van der Waals surface area (Å²) in [5, 5.41) is 0. The first kappa shape index (κ1) is 18.4. The molecule has 0 spiro atoms. The van der Waals surface area contributed by atoms with E-state index in [1.165, 1.54) is 5.56 Å². The molecule has 30 heavy (non-hydrogen) atoms. The van der Waals surface area contributed by atoms with E-state index in [1.54, 1.807) is 7.11 Å². The van der Waals surface area contributed by atoms with Gasteiger partial charge in [-0.15, -0.1) is 0 Å². The van der Waals surface area contributed by atoms with Crippen molar-refractivity contribution in [2.75, 3.05) is 7.11 Å². The number of para-hydroxylation sites is 4. The molecule has 0 bridgehead atoms. The molecule has 2 N–H and O–H groups in total. The number of rotatable bonds is 6. The number of H-pyrrole nitrogens is 2. The first-order valence-electron chi connectivity index (χ1n) is 10.2. The second-order valence-electron chi connectivity index (χ2n) is 7.73. The number of hydrogen-bond donors (Lipinski definition) is 2. The van der Waals surface area contributed by atoms with Gasteiger partial charge in [0.25, 0.3) is 0 Å². The van der Waals surface area contributed by atoms with E-state index < -0.39 is 0 Å². The van der Waals surface area contributed by atoms with Crippen molar-refractivity contribution in [2.24, 2.45) is 0 Å². The van der Waals surface area contributed by atoms with Crippen molar-refractivity contribution in [3.8, 4) is 5.75 Å². The maximum atomic E-state index is 5.32. The second kappa shape index (κ2) is 7.67.